The van der Waals surface area contributed by atoms with Crippen molar-refractivity contribution in [1.82, 2.24) is 4.90 Å². The first kappa shape index (κ1) is 22.5. The molecule has 1 aliphatic carbocycles. The number of nitrogens with zero attached hydrogens (tertiary/aromatic N) is 1. The number of ether oxygens (including phenoxy) is 3. The summed E-state index contributed by atoms with van der Waals surface area (Å²) in [6, 6.07) is 6.38. The van der Waals surface area contributed by atoms with Crippen LogP contribution in [0.15, 0.2) is 35.6 Å². The highest BCUT2D eigenvalue weighted by atomic mass is 16.5. The maximum Gasteiger partial charge on any atom is 0.337 e. The third-order valence-electron chi connectivity index (χ3n) is 7.20. The summed E-state index contributed by atoms with van der Waals surface area (Å²) in [4.78, 5) is 40.6. The largest absolute Gasteiger partial charge is 0.483 e. The summed E-state index contributed by atoms with van der Waals surface area (Å²) in [7, 11) is 2.96. The molecule has 0 saturated heterocycles. The van der Waals surface area contributed by atoms with Crippen LogP contribution in [0.4, 0.5) is 0 Å². The number of carbonyl (C=O) groups is 3. The minimum Gasteiger partial charge on any atom is -0.483 e. The summed E-state index contributed by atoms with van der Waals surface area (Å²) in [5, 5.41) is 0. The highest BCUT2D eigenvalue weighted by Gasteiger charge is 2.53. The van der Waals surface area contributed by atoms with Crippen molar-refractivity contribution in [2.75, 3.05) is 27.4 Å². The van der Waals surface area contributed by atoms with E-state index >= 15 is 0 Å². The van der Waals surface area contributed by atoms with Crippen molar-refractivity contribution >= 4 is 17.7 Å². The molecule has 5 atom stereocenters. The topological polar surface area (TPSA) is 82.1 Å². The number of hydrogen-bond acceptors (Lipinski definition) is 6. The first-order valence-corrected chi connectivity index (χ1v) is 11.3. The average molecular weight is 442 g/mol. The van der Waals surface area contributed by atoms with E-state index in [9.17, 15) is 14.4 Å². The second kappa shape index (κ2) is 9.06. The molecule has 0 radical (unpaired) electrons. The standard InChI is InChI=1S/C25H31NO6/c1-14-12-18-19(13-15(14)2)32-23-20(22(18)27)21(26(24(23)28)10-5-11-30-3)16-6-8-17(9-7-16)25(29)31-4/h6-9,14-15,18-19,21H,5,10-13H2,1-4H3. The fourth-order valence-electron chi connectivity index (χ4n) is 5.18. The zero-order chi connectivity index (χ0) is 23.0. The summed E-state index contributed by atoms with van der Waals surface area (Å²) < 4.78 is 16.2. The van der Waals surface area contributed by atoms with Crippen LogP contribution in [0.25, 0.3) is 0 Å². The Morgan fingerprint density at radius 2 is 1.78 bits per heavy atom. The van der Waals surface area contributed by atoms with E-state index in [0.29, 0.717) is 42.5 Å². The van der Waals surface area contributed by atoms with Gasteiger partial charge in [0, 0.05) is 20.3 Å². The molecule has 32 heavy (non-hydrogen) atoms. The van der Waals surface area contributed by atoms with Crippen molar-refractivity contribution in [2.45, 2.75) is 45.3 Å². The fraction of sp³-hybridized carbons (Fsp3) is 0.560. The highest BCUT2D eigenvalue weighted by molar-refractivity contribution is 6.11. The minimum absolute atomic E-state index is 0.0274. The molecule has 1 aromatic carbocycles. The molecule has 0 spiro atoms. The van der Waals surface area contributed by atoms with Gasteiger partial charge in [0.15, 0.2) is 11.5 Å². The lowest BCUT2D eigenvalue weighted by atomic mass is 9.70. The second-order valence-electron chi connectivity index (χ2n) is 9.16. The van der Waals surface area contributed by atoms with E-state index in [1.165, 1.54) is 7.11 Å². The summed E-state index contributed by atoms with van der Waals surface area (Å²) >= 11 is 0. The van der Waals surface area contributed by atoms with Gasteiger partial charge in [0.1, 0.15) is 6.10 Å². The molecule has 1 amide bonds. The van der Waals surface area contributed by atoms with Crippen molar-refractivity contribution in [1.29, 1.82) is 0 Å². The maximum absolute atomic E-state index is 13.7. The van der Waals surface area contributed by atoms with Crippen LogP contribution < -0.4 is 0 Å². The number of methoxy groups -OCH3 is 2. The lowest BCUT2D eigenvalue weighted by Crippen LogP contribution is -2.43. The van der Waals surface area contributed by atoms with Gasteiger partial charge >= 0.3 is 5.97 Å². The Morgan fingerprint density at radius 3 is 2.44 bits per heavy atom. The van der Waals surface area contributed by atoms with Crippen LogP contribution in [0.5, 0.6) is 0 Å². The molecule has 2 aliphatic heterocycles. The Morgan fingerprint density at radius 1 is 1.09 bits per heavy atom. The number of hydrogen-bond donors (Lipinski definition) is 0. The molecule has 1 aromatic rings. The number of Topliss-reactive ketones (excluding diaryl/α,β-unsaturated/α-hetero) is 1. The van der Waals surface area contributed by atoms with E-state index in [4.69, 9.17) is 14.2 Å². The molecule has 4 rings (SSSR count). The van der Waals surface area contributed by atoms with Crippen molar-refractivity contribution in [3.63, 3.8) is 0 Å². The number of ketones is 1. The van der Waals surface area contributed by atoms with Gasteiger partial charge in [0.25, 0.3) is 5.91 Å². The monoisotopic (exact) mass is 441 g/mol. The Hall–Kier alpha value is -2.67. The summed E-state index contributed by atoms with van der Waals surface area (Å²) in [5.41, 5.74) is 1.66. The van der Waals surface area contributed by atoms with Gasteiger partial charge in [-0.3, -0.25) is 9.59 Å². The maximum atomic E-state index is 13.7. The second-order valence-corrected chi connectivity index (χ2v) is 9.16. The quantitative estimate of drug-likeness (QED) is 0.498. The number of esters is 1. The Bertz CT molecular complexity index is 936. The van der Waals surface area contributed by atoms with E-state index in [0.717, 1.165) is 18.4 Å². The average Bonchev–Trinajstić information content (AvgIpc) is 3.07. The molecule has 0 N–H and O–H groups in total. The van der Waals surface area contributed by atoms with Gasteiger partial charge in [-0.05, 0) is 48.8 Å². The first-order chi connectivity index (χ1) is 15.4. The summed E-state index contributed by atoms with van der Waals surface area (Å²) in [6.07, 6.45) is 1.96. The van der Waals surface area contributed by atoms with Crippen LogP contribution in [-0.4, -0.2) is 56.0 Å². The van der Waals surface area contributed by atoms with Crippen LogP contribution in [0.3, 0.4) is 0 Å². The fourth-order valence-corrected chi connectivity index (χ4v) is 5.18. The minimum atomic E-state index is -0.524. The van der Waals surface area contributed by atoms with E-state index in [1.807, 2.05) is 0 Å². The van der Waals surface area contributed by atoms with Gasteiger partial charge in [0.2, 0.25) is 0 Å². The molecule has 172 valence electrons. The normalized spacial score (nSPS) is 29.5. The van der Waals surface area contributed by atoms with Crippen molar-refractivity contribution in [2.24, 2.45) is 17.8 Å². The van der Waals surface area contributed by atoms with E-state index in [-0.39, 0.29) is 29.5 Å². The van der Waals surface area contributed by atoms with Crippen LogP contribution in [0.1, 0.15) is 55.1 Å². The number of fused-ring (bicyclic) bond motifs is 1. The lowest BCUT2D eigenvalue weighted by molar-refractivity contribution is -0.137. The van der Waals surface area contributed by atoms with Crippen molar-refractivity contribution < 1.29 is 28.6 Å². The summed E-state index contributed by atoms with van der Waals surface area (Å²) in [6.45, 7) is 5.31. The lowest BCUT2D eigenvalue weighted by Gasteiger charge is -2.40. The Labute approximate surface area is 188 Å². The zero-order valence-corrected chi connectivity index (χ0v) is 19.1. The predicted molar refractivity (Wildman–Crippen MR) is 117 cm³/mol. The molecule has 0 bridgehead atoms. The van der Waals surface area contributed by atoms with E-state index in [2.05, 4.69) is 13.8 Å². The molecule has 3 aliphatic rings. The van der Waals surface area contributed by atoms with Gasteiger partial charge in [-0.25, -0.2) is 4.79 Å². The Balaban J connectivity index is 1.71. The van der Waals surface area contributed by atoms with Crippen LogP contribution >= 0.6 is 0 Å². The number of rotatable bonds is 6. The number of benzene rings is 1. The van der Waals surface area contributed by atoms with Crippen LogP contribution in [-0.2, 0) is 23.8 Å². The molecule has 0 aromatic heterocycles. The third kappa shape index (κ3) is 3.83. The van der Waals surface area contributed by atoms with E-state index < -0.39 is 12.0 Å². The van der Waals surface area contributed by atoms with E-state index in [1.54, 1.807) is 36.3 Å². The molecule has 5 unspecified atom stereocenters. The van der Waals surface area contributed by atoms with Gasteiger partial charge < -0.3 is 19.1 Å². The molecular weight excluding hydrogens is 410 g/mol. The summed E-state index contributed by atoms with van der Waals surface area (Å²) in [5.74, 6) is 0.221. The molecule has 2 heterocycles. The first-order valence-electron chi connectivity index (χ1n) is 11.3. The smallest absolute Gasteiger partial charge is 0.337 e. The predicted octanol–water partition coefficient (Wildman–Crippen LogP) is 3.30. The zero-order valence-electron chi connectivity index (χ0n) is 19.1. The molecule has 7 heteroatoms. The highest BCUT2D eigenvalue weighted by Crippen LogP contribution is 2.48. The van der Waals surface area contributed by atoms with Gasteiger partial charge in [-0.1, -0.05) is 26.0 Å². The van der Waals surface area contributed by atoms with Gasteiger partial charge in [-0.15, -0.1) is 0 Å². The molecule has 7 nitrogen and oxygen atoms in total. The number of carbonyl (C=O) groups excluding carboxylic acids is 3. The van der Waals surface area contributed by atoms with Crippen molar-refractivity contribution in [3.8, 4) is 0 Å². The Kier molecular flexibility index (Phi) is 6.38. The molecular formula is C25H31NO6. The number of amides is 1. The third-order valence-corrected chi connectivity index (χ3v) is 7.20. The molecule has 1 fully saturated rings. The van der Waals surface area contributed by atoms with Gasteiger partial charge in [-0.2, -0.15) is 0 Å². The molecule has 1 saturated carbocycles. The van der Waals surface area contributed by atoms with Crippen molar-refractivity contribution in [3.05, 3.63) is 46.7 Å². The van der Waals surface area contributed by atoms with Gasteiger partial charge in [0.05, 0.1) is 30.2 Å². The van der Waals surface area contributed by atoms with Crippen LogP contribution in [0.2, 0.25) is 0 Å². The van der Waals surface area contributed by atoms with Crippen LogP contribution in [0, 0.1) is 17.8 Å². The SMILES string of the molecule is COCCCN1C(=O)C2=C(C(=O)C3CC(C)C(C)CC3O2)C1c1ccc(C(=O)OC)cc1.